The molecule has 6 nitrogen and oxygen atoms in total. The first-order valence-electron chi connectivity index (χ1n) is 8.16. The normalized spacial score (nSPS) is 16.3. The van der Waals surface area contributed by atoms with E-state index in [1.54, 1.807) is 0 Å². The quantitative estimate of drug-likeness (QED) is 0.619. The van der Waals surface area contributed by atoms with Crippen molar-refractivity contribution in [2.45, 2.75) is 12.6 Å². The van der Waals surface area contributed by atoms with E-state index in [0.717, 1.165) is 39.5 Å². The largest absolute Gasteiger partial charge is 0.489 e. The highest BCUT2D eigenvalue weighted by atomic mass is 32.2. The third kappa shape index (κ3) is 4.00. The van der Waals surface area contributed by atoms with Crippen molar-refractivity contribution in [1.29, 1.82) is 0 Å². The molecule has 0 amide bonds. The molecule has 1 atom stereocenters. The standard InChI is InChI=1S/C18H14BN2O4S2/c22-18(23)14-9-26-16(21-14)17-20-13-6-5-12(7-15(13)27-17)25-8-10-1-3-11(19-24)4-2-10/h1-7,14,24H,8-9H2,(H,22,23)/t14-/m1/s1. The van der Waals surface area contributed by atoms with Crippen LogP contribution in [0, 0.1) is 0 Å². The molecule has 0 unspecified atom stereocenters. The Morgan fingerprint density at radius 3 is 2.78 bits per heavy atom. The van der Waals surface area contributed by atoms with Gasteiger partial charge >= 0.3 is 13.5 Å². The second-order valence-electron chi connectivity index (χ2n) is 5.91. The molecule has 2 aromatic carbocycles. The van der Waals surface area contributed by atoms with Crippen molar-refractivity contribution in [3.8, 4) is 5.75 Å². The summed E-state index contributed by atoms with van der Waals surface area (Å²) in [6.45, 7) is 0.422. The summed E-state index contributed by atoms with van der Waals surface area (Å²) < 4.78 is 6.82. The van der Waals surface area contributed by atoms with Gasteiger partial charge in [0.2, 0.25) is 0 Å². The maximum Gasteiger partial charge on any atom is 0.329 e. The van der Waals surface area contributed by atoms with Gasteiger partial charge in [0.15, 0.2) is 6.04 Å². The van der Waals surface area contributed by atoms with Crippen LogP contribution < -0.4 is 10.2 Å². The average molecular weight is 397 g/mol. The minimum atomic E-state index is -0.904. The maximum absolute atomic E-state index is 11.1. The van der Waals surface area contributed by atoms with Gasteiger partial charge in [-0.05, 0) is 23.8 Å². The van der Waals surface area contributed by atoms with E-state index in [1.165, 1.54) is 23.1 Å². The third-order valence-corrected chi connectivity index (χ3v) is 6.22. The van der Waals surface area contributed by atoms with E-state index in [1.807, 2.05) is 42.5 Å². The number of benzene rings is 2. The van der Waals surface area contributed by atoms with Crippen LogP contribution in [0.15, 0.2) is 47.5 Å². The molecule has 2 N–H and O–H groups in total. The zero-order chi connectivity index (χ0) is 18.8. The summed E-state index contributed by atoms with van der Waals surface area (Å²) >= 11 is 2.91. The van der Waals surface area contributed by atoms with Crippen molar-refractivity contribution in [2.75, 3.05) is 5.75 Å². The number of carbonyl (C=O) groups is 1. The topological polar surface area (TPSA) is 92.0 Å². The molecule has 3 aromatic rings. The number of aromatic nitrogens is 1. The van der Waals surface area contributed by atoms with Gasteiger partial charge in [0.1, 0.15) is 22.4 Å². The number of nitrogens with zero attached hydrogens (tertiary/aromatic N) is 2. The van der Waals surface area contributed by atoms with Crippen LogP contribution in [0.1, 0.15) is 10.6 Å². The van der Waals surface area contributed by atoms with Gasteiger partial charge in [-0.2, -0.15) is 0 Å². The molecule has 27 heavy (non-hydrogen) atoms. The number of hydrogen-bond acceptors (Lipinski definition) is 7. The molecule has 0 aliphatic carbocycles. The van der Waals surface area contributed by atoms with Gasteiger partial charge in [-0.3, -0.25) is 4.99 Å². The van der Waals surface area contributed by atoms with Crippen LogP contribution in [0.5, 0.6) is 5.75 Å². The Morgan fingerprint density at radius 1 is 1.26 bits per heavy atom. The van der Waals surface area contributed by atoms with Gasteiger partial charge in [-0.25, -0.2) is 9.78 Å². The zero-order valence-electron chi connectivity index (χ0n) is 14.0. The molecule has 1 aliphatic rings. The number of thiazole rings is 1. The average Bonchev–Trinajstić information content (AvgIpc) is 3.33. The maximum atomic E-state index is 11.1. The number of thioether (sulfide) groups is 1. The van der Waals surface area contributed by atoms with Gasteiger partial charge in [0.05, 0.1) is 10.2 Å². The van der Waals surface area contributed by atoms with E-state index >= 15 is 0 Å². The molecule has 135 valence electrons. The molecule has 0 saturated heterocycles. The van der Waals surface area contributed by atoms with E-state index in [-0.39, 0.29) is 0 Å². The number of rotatable bonds is 6. The number of ether oxygens (including phenoxy) is 1. The zero-order valence-corrected chi connectivity index (χ0v) is 15.7. The van der Waals surface area contributed by atoms with Crippen LogP contribution in [0.25, 0.3) is 10.2 Å². The molecule has 0 saturated carbocycles. The Bertz CT molecular complexity index is 1020. The third-order valence-electron chi connectivity index (χ3n) is 4.01. The summed E-state index contributed by atoms with van der Waals surface area (Å²) in [5.74, 6) is 0.279. The molecule has 1 aromatic heterocycles. The van der Waals surface area contributed by atoms with Crippen LogP contribution >= 0.6 is 23.1 Å². The van der Waals surface area contributed by atoms with Crippen molar-refractivity contribution >= 4 is 57.3 Å². The highest BCUT2D eigenvalue weighted by Crippen LogP contribution is 2.31. The fraction of sp³-hybridized carbons (Fsp3) is 0.167. The minimum Gasteiger partial charge on any atom is -0.489 e. The molecule has 0 spiro atoms. The first-order chi connectivity index (χ1) is 13.1. The fourth-order valence-electron chi connectivity index (χ4n) is 2.57. The predicted molar refractivity (Wildman–Crippen MR) is 108 cm³/mol. The SMILES string of the molecule is O=C(O)[C@H]1CSC(c2nc3ccc(OCc4ccc([B]O)cc4)cc3s2)=N1. The van der Waals surface area contributed by atoms with Gasteiger partial charge in [0, 0.05) is 5.75 Å². The van der Waals surface area contributed by atoms with Crippen molar-refractivity contribution < 1.29 is 19.7 Å². The number of carboxylic acid groups (broad SMARTS) is 1. The summed E-state index contributed by atoms with van der Waals surface area (Å²) in [5.41, 5.74) is 2.59. The Labute approximate surface area is 164 Å². The van der Waals surface area contributed by atoms with Crippen molar-refractivity contribution in [1.82, 2.24) is 4.98 Å². The molecule has 9 heteroatoms. The van der Waals surface area contributed by atoms with Gasteiger partial charge < -0.3 is 14.9 Å². The van der Waals surface area contributed by atoms with Gasteiger partial charge in [-0.15, -0.1) is 23.1 Å². The van der Waals surface area contributed by atoms with Crippen LogP contribution in [0.4, 0.5) is 0 Å². The monoisotopic (exact) mass is 397 g/mol. The van der Waals surface area contributed by atoms with Gasteiger partial charge in [0.25, 0.3) is 0 Å². The van der Waals surface area contributed by atoms with E-state index in [2.05, 4.69) is 9.98 Å². The second-order valence-corrected chi connectivity index (χ2v) is 7.95. The molecule has 4 rings (SSSR count). The Hall–Kier alpha value is -2.36. The number of carboxylic acids is 1. The molecule has 0 bridgehead atoms. The van der Waals surface area contributed by atoms with E-state index < -0.39 is 12.0 Å². The highest BCUT2D eigenvalue weighted by molar-refractivity contribution is 8.15. The first kappa shape index (κ1) is 18.0. The lowest BCUT2D eigenvalue weighted by Crippen LogP contribution is -2.17. The van der Waals surface area contributed by atoms with Crippen LogP contribution in [0.3, 0.4) is 0 Å². The summed E-state index contributed by atoms with van der Waals surface area (Å²) in [7, 11) is 1.06. The van der Waals surface area contributed by atoms with Crippen molar-refractivity contribution in [3.05, 3.63) is 53.0 Å². The van der Waals surface area contributed by atoms with E-state index in [0.29, 0.717) is 17.4 Å². The van der Waals surface area contributed by atoms with Crippen molar-refractivity contribution in [2.24, 2.45) is 4.99 Å². The lowest BCUT2D eigenvalue weighted by molar-refractivity contribution is -0.137. The van der Waals surface area contributed by atoms with E-state index in [9.17, 15) is 4.79 Å². The number of aliphatic imine (C=N–C) groups is 1. The van der Waals surface area contributed by atoms with Gasteiger partial charge in [-0.1, -0.05) is 29.7 Å². The van der Waals surface area contributed by atoms with Crippen LogP contribution in [0.2, 0.25) is 0 Å². The summed E-state index contributed by atoms with van der Waals surface area (Å²) in [4.78, 5) is 19.9. The smallest absolute Gasteiger partial charge is 0.329 e. The second kappa shape index (κ2) is 7.71. The Balaban J connectivity index is 1.49. The highest BCUT2D eigenvalue weighted by Gasteiger charge is 2.26. The van der Waals surface area contributed by atoms with Crippen LogP contribution in [-0.2, 0) is 11.4 Å². The number of aliphatic carboxylic acids is 1. The number of fused-ring (bicyclic) bond motifs is 1. The molecule has 2 heterocycles. The van der Waals surface area contributed by atoms with Crippen molar-refractivity contribution in [3.63, 3.8) is 0 Å². The predicted octanol–water partition coefficient (Wildman–Crippen LogP) is 2.06. The molecule has 1 aliphatic heterocycles. The van der Waals surface area contributed by atoms with Crippen LogP contribution in [-0.4, -0.2) is 45.4 Å². The molecule has 0 fully saturated rings. The van der Waals surface area contributed by atoms with E-state index in [4.69, 9.17) is 14.9 Å². The summed E-state index contributed by atoms with van der Waals surface area (Å²) in [6.07, 6.45) is 0. The Kier molecular flexibility index (Phi) is 5.15. The molecular weight excluding hydrogens is 383 g/mol. The summed E-state index contributed by atoms with van der Waals surface area (Å²) in [5, 5.41) is 19.5. The summed E-state index contributed by atoms with van der Waals surface area (Å²) in [6, 6.07) is 12.4. The lowest BCUT2D eigenvalue weighted by atomic mass is 9.88. The lowest BCUT2D eigenvalue weighted by Gasteiger charge is -2.06. The minimum absolute atomic E-state index is 0.422. The number of hydrogen-bond donors (Lipinski definition) is 2. The molecular formula is C18H14BN2O4S2. The first-order valence-corrected chi connectivity index (χ1v) is 9.96. The molecule has 1 radical (unpaired) electrons. The fourth-order valence-corrected chi connectivity index (χ4v) is 4.66. The Morgan fingerprint density at radius 2 is 2.07 bits per heavy atom.